The first-order valence-corrected chi connectivity index (χ1v) is 9.33. The molecule has 3 amide bonds. The SMILES string of the molecule is CCN(c1ccc(NC(=O)c2cccc(N3CCNC3=O)c2)cc1)C(C)C. The Morgan fingerprint density at radius 3 is 2.56 bits per heavy atom. The van der Waals surface area contributed by atoms with Crippen LogP contribution in [0.1, 0.15) is 31.1 Å². The van der Waals surface area contributed by atoms with Crippen LogP contribution in [0.15, 0.2) is 48.5 Å². The highest BCUT2D eigenvalue weighted by Crippen LogP contribution is 2.22. The van der Waals surface area contributed by atoms with Crippen LogP contribution in [-0.2, 0) is 0 Å². The maximum absolute atomic E-state index is 12.6. The molecule has 3 rings (SSSR count). The van der Waals surface area contributed by atoms with Gasteiger partial charge in [-0.15, -0.1) is 0 Å². The molecule has 6 heteroatoms. The molecule has 0 spiro atoms. The van der Waals surface area contributed by atoms with Crippen LogP contribution in [0.4, 0.5) is 21.9 Å². The predicted molar refractivity (Wildman–Crippen MR) is 110 cm³/mol. The summed E-state index contributed by atoms with van der Waals surface area (Å²) in [6.45, 7) is 8.60. The van der Waals surface area contributed by atoms with Crippen molar-refractivity contribution in [2.45, 2.75) is 26.8 Å². The summed E-state index contributed by atoms with van der Waals surface area (Å²) in [6.07, 6.45) is 0. The summed E-state index contributed by atoms with van der Waals surface area (Å²) in [5, 5.41) is 5.69. The molecule has 1 fully saturated rings. The van der Waals surface area contributed by atoms with Gasteiger partial charge in [-0.3, -0.25) is 9.69 Å². The molecule has 6 nitrogen and oxygen atoms in total. The first-order chi connectivity index (χ1) is 13.0. The second kappa shape index (κ2) is 8.12. The van der Waals surface area contributed by atoms with Gasteiger partial charge in [0.1, 0.15) is 0 Å². The molecule has 0 saturated carbocycles. The first kappa shape index (κ1) is 18.8. The quantitative estimate of drug-likeness (QED) is 0.819. The molecule has 2 aromatic rings. The zero-order valence-electron chi connectivity index (χ0n) is 16.0. The Kier molecular flexibility index (Phi) is 5.64. The molecule has 0 atom stereocenters. The summed E-state index contributed by atoms with van der Waals surface area (Å²) < 4.78 is 0. The average Bonchev–Trinajstić information content (AvgIpc) is 3.09. The maximum atomic E-state index is 12.6. The van der Waals surface area contributed by atoms with Gasteiger partial charge in [-0.2, -0.15) is 0 Å². The van der Waals surface area contributed by atoms with Crippen molar-refractivity contribution in [1.29, 1.82) is 0 Å². The third kappa shape index (κ3) is 4.22. The highest BCUT2D eigenvalue weighted by Gasteiger charge is 2.21. The zero-order chi connectivity index (χ0) is 19.4. The largest absolute Gasteiger partial charge is 0.369 e. The number of hydrogen-bond donors (Lipinski definition) is 2. The Morgan fingerprint density at radius 1 is 1.22 bits per heavy atom. The van der Waals surface area contributed by atoms with E-state index in [9.17, 15) is 9.59 Å². The Bertz CT molecular complexity index is 817. The number of urea groups is 1. The van der Waals surface area contributed by atoms with Gasteiger partial charge in [-0.25, -0.2) is 4.79 Å². The van der Waals surface area contributed by atoms with Gasteiger partial charge in [0.25, 0.3) is 5.91 Å². The van der Waals surface area contributed by atoms with Gasteiger partial charge in [0.05, 0.1) is 0 Å². The summed E-state index contributed by atoms with van der Waals surface area (Å²) in [5.74, 6) is -0.194. The van der Waals surface area contributed by atoms with E-state index < -0.39 is 0 Å². The van der Waals surface area contributed by atoms with Crippen molar-refractivity contribution in [1.82, 2.24) is 5.32 Å². The average molecular weight is 366 g/mol. The molecule has 0 radical (unpaired) electrons. The number of hydrogen-bond acceptors (Lipinski definition) is 3. The van der Waals surface area contributed by atoms with Crippen LogP contribution < -0.4 is 20.4 Å². The number of amides is 3. The minimum absolute atomic E-state index is 0.131. The molecule has 142 valence electrons. The molecule has 1 saturated heterocycles. The van der Waals surface area contributed by atoms with Crippen molar-refractivity contribution in [2.24, 2.45) is 0 Å². The predicted octanol–water partition coefficient (Wildman–Crippen LogP) is 3.70. The molecule has 1 aliphatic rings. The Balaban J connectivity index is 1.71. The third-order valence-electron chi connectivity index (χ3n) is 4.70. The highest BCUT2D eigenvalue weighted by atomic mass is 16.2. The molecule has 0 aromatic heterocycles. The number of carbonyl (C=O) groups is 2. The Morgan fingerprint density at radius 2 is 1.96 bits per heavy atom. The number of benzene rings is 2. The van der Waals surface area contributed by atoms with Crippen molar-refractivity contribution in [3.8, 4) is 0 Å². The van der Waals surface area contributed by atoms with Gasteiger partial charge < -0.3 is 15.5 Å². The number of nitrogens with one attached hydrogen (secondary N) is 2. The van der Waals surface area contributed by atoms with Gasteiger partial charge in [0.2, 0.25) is 0 Å². The van der Waals surface area contributed by atoms with Gasteiger partial charge in [-0.1, -0.05) is 6.07 Å². The smallest absolute Gasteiger partial charge is 0.321 e. The maximum Gasteiger partial charge on any atom is 0.321 e. The van der Waals surface area contributed by atoms with Crippen LogP contribution in [0, 0.1) is 0 Å². The lowest BCUT2D eigenvalue weighted by Crippen LogP contribution is -2.30. The molecule has 2 aromatic carbocycles. The molecular formula is C21H26N4O2. The molecule has 1 heterocycles. The van der Waals surface area contributed by atoms with E-state index in [0.29, 0.717) is 24.7 Å². The number of nitrogens with zero attached hydrogens (tertiary/aromatic N) is 2. The topological polar surface area (TPSA) is 64.7 Å². The molecular weight excluding hydrogens is 340 g/mol. The molecule has 0 bridgehead atoms. The van der Waals surface area contributed by atoms with Crippen molar-refractivity contribution >= 4 is 29.0 Å². The lowest BCUT2D eigenvalue weighted by Gasteiger charge is -2.27. The molecule has 0 aliphatic carbocycles. The van der Waals surface area contributed by atoms with Gasteiger partial charge in [-0.05, 0) is 63.2 Å². The third-order valence-corrected chi connectivity index (χ3v) is 4.70. The van der Waals surface area contributed by atoms with Crippen molar-refractivity contribution < 1.29 is 9.59 Å². The van der Waals surface area contributed by atoms with E-state index in [2.05, 4.69) is 36.3 Å². The minimum Gasteiger partial charge on any atom is -0.369 e. The van der Waals surface area contributed by atoms with Crippen LogP contribution in [0.2, 0.25) is 0 Å². The highest BCUT2D eigenvalue weighted by molar-refractivity contribution is 6.05. The Labute approximate surface area is 160 Å². The van der Waals surface area contributed by atoms with Gasteiger partial charge in [0, 0.05) is 48.3 Å². The second-order valence-electron chi connectivity index (χ2n) is 6.81. The van der Waals surface area contributed by atoms with Crippen molar-refractivity contribution in [3.05, 3.63) is 54.1 Å². The summed E-state index contributed by atoms with van der Waals surface area (Å²) in [6, 6.07) is 15.3. The van der Waals surface area contributed by atoms with Gasteiger partial charge in [0.15, 0.2) is 0 Å². The van der Waals surface area contributed by atoms with Crippen LogP contribution in [0.3, 0.4) is 0 Å². The molecule has 27 heavy (non-hydrogen) atoms. The molecule has 2 N–H and O–H groups in total. The number of rotatable bonds is 6. The monoisotopic (exact) mass is 366 g/mol. The second-order valence-corrected chi connectivity index (χ2v) is 6.81. The van der Waals surface area contributed by atoms with Gasteiger partial charge >= 0.3 is 6.03 Å². The Hall–Kier alpha value is -3.02. The number of anilines is 3. The van der Waals surface area contributed by atoms with E-state index in [4.69, 9.17) is 0 Å². The van der Waals surface area contributed by atoms with E-state index in [1.165, 1.54) is 0 Å². The standard InChI is InChI=1S/C21H26N4O2/c1-4-24(15(2)3)18-10-8-17(9-11-18)23-20(26)16-6-5-7-19(14-16)25-13-12-22-21(25)27/h5-11,14-15H,4,12-13H2,1-3H3,(H,22,27)(H,23,26). The van der Waals surface area contributed by atoms with Crippen LogP contribution in [-0.4, -0.2) is 37.6 Å². The normalized spacial score (nSPS) is 13.6. The minimum atomic E-state index is -0.194. The summed E-state index contributed by atoms with van der Waals surface area (Å²) in [7, 11) is 0. The van der Waals surface area contributed by atoms with E-state index in [0.717, 1.165) is 23.6 Å². The van der Waals surface area contributed by atoms with Crippen molar-refractivity contribution in [2.75, 3.05) is 34.8 Å². The fourth-order valence-electron chi connectivity index (χ4n) is 3.32. The zero-order valence-corrected chi connectivity index (χ0v) is 16.0. The van der Waals surface area contributed by atoms with E-state index in [1.807, 2.05) is 30.3 Å². The van der Waals surface area contributed by atoms with Crippen molar-refractivity contribution in [3.63, 3.8) is 0 Å². The fraction of sp³-hybridized carbons (Fsp3) is 0.333. The van der Waals surface area contributed by atoms with E-state index >= 15 is 0 Å². The van der Waals surface area contributed by atoms with Crippen LogP contribution in [0.5, 0.6) is 0 Å². The van der Waals surface area contributed by atoms with Crippen LogP contribution in [0.25, 0.3) is 0 Å². The summed E-state index contributed by atoms with van der Waals surface area (Å²) >= 11 is 0. The van der Waals surface area contributed by atoms with Crippen LogP contribution >= 0.6 is 0 Å². The van der Waals surface area contributed by atoms with E-state index in [1.54, 1.807) is 23.1 Å². The number of carbonyl (C=O) groups excluding carboxylic acids is 2. The fourth-order valence-corrected chi connectivity index (χ4v) is 3.32. The lowest BCUT2D eigenvalue weighted by atomic mass is 10.1. The summed E-state index contributed by atoms with van der Waals surface area (Å²) in [5.41, 5.74) is 3.12. The first-order valence-electron chi connectivity index (χ1n) is 9.33. The lowest BCUT2D eigenvalue weighted by molar-refractivity contribution is 0.102. The summed E-state index contributed by atoms with van der Waals surface area (Å²) in [4.78, 5) is 28.3. The molecule has 1 aliphatic heterocycles. The van der Waals surface area contributed by atoms with E-state index in [-0.39, 0.29) is 11.9 Å². The molecule has 0 unspecified atom stereocenters.